The van der Waals surface area contributed by atoms with Crippen molar-refractivity contribution in [3.8, 4) is 0 Å². The molecule has 4 N–H and O–H groups in total. The van der Waals surface area contributed by atoms with Crippen molar-refractivity contribution >= 4 is 39.2 Å². The Hall–Kier alpha value is -3.61. The molecule has 2 aromatic carbocycles. The lowest BCUT2D eigenvalue weighted by Gasteiger charge is -2.28. The summed E-state index contributed by atoms with van der Waals surface area (Å²) in [5, 5.41) is 13.1. The number of aliphatic carboxylic acids is 1. The molecule has 4 rings (SSSR count). The number of carboxylic acids is 1. The molecule has 0 aromatic heterocycles. The number of alkyl halides is 3. The maximum absolute atomic E-state index is 13.0. The number of hydrogen-bond donors (Lipinski definition) is 4. The van der Waals surface area contributed by atoms with Crippen LogP contribution in [0, 0.1) is 5.92 Å². The van der Waals surface area contributed by atoms with Gasteiger partial charge in [0.2, 0.25) is 11.8 Å². The van der Waals surface area contributed by atoms with Crippen molar-refractivity contribution in [2.75, 3.05) is 10.0 Å². The van der Waals surface area contributed by atoms with Gasteiger partial charge in [-0.2, -0.15) is 13.2 Å². The number of amides is 2. The molecule has 0 radical (unpaired) electrons. The van der Waals surface area contributed by atoms with Crippen LogP contribution in [0.5, 0.6) is 0 Å². The van der Waals surface area contributed by atoms with Gasteiger partial charge in [0.05, 0.1) is 10.3 Å². The van der Waals surface area contributed by atoms with Gasteiger partial charge in [0, 0.05) is 23.8 Å². The van der Waals surface area contributed by atoms with Gasteiger partial charge >= 0.3 is 12.1 Å². The molecule has 2 saturated carbocycles. The molecular weight excluding hydrogens is 563 g/mol. The lowest BCUT2D eigenvalue weighted by molar-refractivity contribution is -0.192. The minimum Gasteiger partial charge on any atom is -0.475 e. The fourth-order valence-electron chi connectivity index (χ4n) is 4.54. The molecule has 0 aliphatic heterocycles. The first-order valence-corrected chi connectivity index (χ1v) is 14.8. The first-order valence-electron chi connectivity index (χ1n) is 13.3. The van der Waals surface area contributed by atoms with E-state index in [0.29, 0.717) is 17.8 Å². The maximum Gasteiger partial charge on any atom is 0.490 e. The zero-order chi connectivity index (χ0) is 30.4. The smallest absolute Gasteiger partial charge is 0.475 e. The van der Waals surface area contributed by atoms with Crippen molar-refractivity contribution in [1.29, 1.82) is 0 Å². The molecule has 0 unspecified atom stereocenters. The molecular formula is C28H34F3N3O6S. The second kappa shape index (κ2) is 12.9. The van der Waals surface area contributed by atoms with Crippen LogP contribution >= 0.6 is 0 Å². The SMILES string of the molecule is CCC(=O)Nc1ccc(S(=O)(=O)Nc2ccc(C3(C(=O)NC4CCC(C)CC4)CC3)cc2)cc1.O=C(O)C(F)(F)F. The van der Waals surface area contributed by atoms with Crippen LogP contribution in [-0.4, -0.2) is 43.5 Å². The van der Waals surface area contributed by atoms with Crippen LogP contribution in [0.25, 0.3) is 0 Å². The molecule has 0 atom stereocenters. The Morgan fingerprint density at radius 3 is 1.90 bits per heavy atom. The number of carbonyl (C=O) groups excluding carboxylic acids is 2. The van der Waals surface area contributed by atoms with E-state index in [0.717, 1.165) is 50.0 Å². The van der Waals surface area contributed by atoms with Gasteiger partial charge in [0.15, 0.2) is 0 Å². The normalized spacial score (nSPS) is 19.6. The van der Waals surface area contributed by atoms with Crippen LogP contribution in [0.3, 0.4) is 0 Å². The summed E-state index contributed by atoms with van der Waals surface area (Å²) < 4.78 is 59.9. The van der Waals surface area contributed by atoms with E-state index >= 15 is 0 Å². The van der Waals surface area contributed by atoms with Gasteiger partial charge in [-0.3, -0.25) is 14.3 Å². The molecule has 13 heteroatoms. The van der Waals surface area contributed by atoms with Gasteiger partial charge in [-0.25, -0.2) is 13.2 Å². The maximum atomic E-state index is 13.0. The molecule has 224 valence electrons. The lowest BCUT2D eigenvalue weighted by Crippen LogP contribution is -2.43. The zero-order valence-corrected chi connectivity index (χ0v) is 23.6. The van der Waals surface area contributed by atoms with E-state index in [1.54, 1.807) is 31.2 Å². The fraction of sp³-hybridized carbons (Fsp3) is 0.464. The summed E-state index contributed by atoms with van der Waals surface area (Å²) in [7, 11) is -3.78. The molecule has 2 aliphatic rings. The summed E-state index contributed by atoms with van der Waals surface area (Å²) in [5.41, 5.74) is 1.42. The van der Waals surface area contributed by atoms with E-state index in [1.807, 2.05) is 12.1 Å². The van der Waals surface area contributed by atoms with Crippen molar-refractivity contribution in [3.63, 3.8) is 0 Å². The number of carboxylic acid groups (broad SMARTS) is 1. The van der Waals surface area contributed by atoms with Crippen molar-refractivity contribution in [1.82, 2.24) is 5.32 Å². The number of halogens is 3. The van der Waals surface area contributed by atoms with Crippen LogP contribution in [0.15, 0.2) is 53.4 Å². The second-order valence-electron chi connectivity index (χ2n) is 10.4. The number of sulfonamides is 1. The summed E-state index contributed by atoms with van der Waals surface area (Å²) in [6, 6.07) is 13.4. The molecule has 2 aliphatic carbocycles. The van der Waals surface area contributed by atoms with Gasteiger partial charge < -0.3 is 15.7 Å². The Labute approximate surface area is 237 Å². The van der Waals surface area contributed by atoms with E-state index in [2.05, 4.69) is 22.3 Å². The molecule has 41 heavy (non-hydrogen) atoms. The molecule has 2 amide bonds. The van der Waals surface area contributed by atoms with Crippen LogP contribution < -0.4 is 15.4 Å². The highest BCUT2D eigenvalue weighted by atomic mass is 32.2. The first kappa shape index (κ1) is 31.9. The van der Waals surface area contributed by atoms with Crippen LogP contribution in [-0.2, 0) is 29.8 Å². The molecule has 0 spiro atoms. The lowest BCUT2D eigenvalue weighted by atomic mass is 9.86. The Morgan fingerprint density at radius 1 is 0.927 bits per heavy atom. The summed E-state index contributed by atoms with van der Waals surface area (Å²) in [4.78, 5) is 33.5. The predicted octanol–water partition coefficient (Wildman–Crippen LogP) is 5.20. The third-order valence-electron chi connectivity index (χ3n) is 7.24. The largest absolute Gasteiger partial charge is 0.490 e. The quantitative estimate of drug-likeness (QED) is 0.330. The van der Waals surface area contributed by atoms with Gasteiger partial charge in [-0.1, -0.05) is 26.0 Å². The average Bonchev–Trinajstić information content (AvgIpc) is 3.72. The van der Waals surface area contributed by atoms with Crippen molar-refractivity contribution in [2.45, 2.75) is 81.3 Å². The van der Waals surface area contributed by atoms with Crippen molar-refractivity contribution in [2.24, 2.45) is 5.92 Å². The van der Waals surface area contributed by atoms with Crippen molar-refractivity contribution in [3.05, 3.63) is 54.1 Å². The Balaban J connectivity index is 0.000000587. The number of rotatable bonds is 8. The summed E-state index contributed by atoms with van der Waals surface area (Å²) in [6.45, 7) is 4.01. The highest BCUT2D eigenvalue weighted by Crippen LogP contribution is 2.49. The van der Waals surface area contributed by atoms with Crippen LogP contribution in [0.1, 0.15) is 64.4 Å². The standard InChI is InChI=1S/C26H33N3O4S.C2HF3O2/c1-3-24(30)27-20-12-14-23(15-13-20)34(32,33)29-22-10-6-19(7-11-22)26(16-17-26)25(31)28-21-8-4-18(2)5-9-21;3-2(4,5)1(6)7/h6-7,10-15,18,21,29H,3-5,8-9,16-17H2,1-2H3,(H,27,30)(H,28,31);(H,6,7). The molecule has 9 nitrogen and oxygen atoms in total. The van der Waals surface area contributed by atoms with Crippen LogP contribution in [0.2, 0.25) is 0 Å². The average molecular weight is 598 g/mol. The van der Waals surface area contributed by atoms with E-state index in [-0.39, 0.29) is 22.8 Å². The fourth-order valence-corrected chi connectivity index (χ4v) is 5.60. The van der Waals surface area contributed by atoms with E-state index < -0.39 is 27.6 Å². The van der Waals surface area contributed by atoms with Gasteiger partial charge in [-0.05, 0) is 86.4 Å². The highest BCUT2D eigenvalue weighted by molar-refractivity contribution is 7.92. The van der Waals surface area contributed by atoms with Gasteiger partial charge in [0.25, 0.3) is 10.0 Å². The van der Waals surface area contributed by atoms with E-state index in [1.165, 1.54) is 12.1 Å². The third-order valence-corrected chi connectivity index (χ3v) is 8.63. The molecule has 0 bridgehead atoms. The Kier molecular flexibility index (Phi) is 10.1. The molecule has 2 fully saturated rings. The number of nitrogens with one attached hydrogen (secondary N) is 3. The number of carbonyl (C=O) groups is 3. The van der Waals surface area contributed by atoms with Gasteiger partial charge in [0.1, 0.15) is 0 Å². The van der Waals surface area contributed by atoms with Crippen LogP contribution in [0.4, 0.5) is 24.5 Å². The Bertz CT molecular complexity index is 1330. The molecule has 0 saturated heterocycles. The van der Waals surface area contributed by atoms with Gasteiger partial charge in [-0.15, -0.1) is 0 Å². The number of anilines is 2. The zero-order valence-electron chi connectivity index (χ0n) is 22.8. The number of hydrogen-bond acceptors (Lipinski definition) is 5. The summed E-state index contributed by atoms with van der Waals surface area (Å²) in [5.74, 6) is -2.06. The monoisotopic (exact) mass is 597 g/mol. The third kappa shape index (κ3) is 8.69. The Morgan fingerprint density at radius 2 is 1.44 bits per heavy atom. The predicted molar refractivity (Wildman–Crippen MR) is 147 cm³/mol. The first-order chi connectivity index (χ1) is 19.2. The second-order valence-corrected chi connectivity index (χ2v) is 12.1. The molecule has 2 aromatic rings. The van der Waals surface area contributed by atoms with E-state index in [9.17, 15) is 31.2 Å². The highest BCUT2D eigenvalue weighted by Gasteiger charge is 2.51. The topological polar surface area (TPSA) is 142 Å². The summed E-state index contributed by atoms with van der Waals surface area (Å²) in [6.07, 6.45) is 1.28. The molecule has 0 heterocycles. The van der Waals surface area contributed by atoms with Crippen molar-refractivity contribution < 1.29 is 41.1 Å². The minimum atomic E-state index is -5.08. The summed E-state index contributed by atoms with van der Waals surface area (Å²) >= 11 is 0. The number of benzene rings is 2. The minimum absolute atomic E-state index is 0.0932. The van der Waals surface area contributed by atoms with E-state index in [4.69, 9.17) is 9.90 Å².